The number of hydrogen-bond donors (Lipinski definition) is 2. The fraction of sp³-hybridized carbons (Fsp3) is 0.462. The number of amides is 1. The van der Waals surface area contributed by atoms with Gasteiger partial charge >= 0.3 is 0 Å². The van der Waals surface area contributed by atoms with Gasteiger partial charge < -0.3 is 11.1 Å². The van der Waals surface area contributed by atoms with Crippen molar-refractivity contribution in [3.05, 3.63) is 34.1 Å². The number of halogens is 2. The summed E-state index contributed by atoms with van der Waals surface area (Å²) in [6.45, 7) is 0.408. The molecule has 1 amide bonds. The van der Waals surface area contributed by atoms with Gasteiger partial charge in [0.2, 0.25) is 5.91 Å². The van der Waals surface area contributed by atoms with Crippen molar-refractivity contribution in [1.82, 2.24) is 5.32 Å². The van der Waals surface area contributed by atoms with E-state index in [0.717, 1.165) is 24.8 Å². The van der Waals surface area contributed by atoms with Gasteiger partial charge in [0.25, 0.3) is 0 Å². The zero-order chi connectivity index (χ0) is 13.1. The molecule has 0 aromatic heterocycles. The van der Waals surface area contributed by atoms with Gasteiger partial charge in [-0.2, -0.15) is 0 Å². The van der Waals surface area contributed by atoms with Gasteiger partial charge in [-0.25, -0.2) is 4.39 Å². The van der Waals surface area contributed by atoms with E-state index in [1.165, 1.54) is 12.1 Å². The number of carbonyl (C=O) groups excluding carboxylic acids is 1. The van der Waals surface area contributed by atoms with Crippen molar-refractivity contribution in [3.63, 3.8) is 0 Å². The highest BCUT2D eigenvalue weighted by Gasteiger charge is 2.27. The molecular formula is C13H16BrFN2O. The van der Waals surface area contributed by atoms with Gasteiger partial charge in [-0.15, -0.1) is 0 Å². The minimum atomic E-state index is -0.293. The van der Waals surface area contributed by atoms with E-state index in [1.54, 1.807) is 6.07 Å². The Bertz CT molecular complexity index is 453. The molecule has 0 bridgehead atoms. The van der Waals surface area contributed by atoms with Crippen LogP contribution >= 0.6 is 15.9 Å². The molecule has 5 heteroatoms. The molecule has 1 aromatic carbocycles. The predicted octanol–water partition coefficient (Wildman–Crippen LogP) is 2.33. The Labute approximate surface area is 114 Å². The van der Waals surface area contributed by atoms with Crippen molar-refractivity contribution in [3.8, 4) is 0 Å². The van der Waals surface area contributed by atoms with Gasteiger partial charge in [0, 0.05) is 23.0 Å². The molecule has 0 aliphatic heterocycles. The van der Waals surface area contributed by atoms with Crippen molar-refractivity contribution < 1.29 is 9.18 Å². The molecule has 1 saturated carbocycles. The van der Waals surface area contributed by atoms with Crippen LogP contribution in [0.4, 0.5) is 4.39 Å². The molecule has 0 saturated heterocycles. The summed E-state index contributed by atoms with van der Waals surface area (Å²) < 4.78 is 13.6. The first kappa shape index (κ1) is 13.5. The summed E-state index contributed by atoms with van der Waals surface area (Å²) in [5.74, 6) is -0.225. The van der Waals surface area contributed by atoms with Crippen molar-refractivity contribution >= 4 is 21.8 Å². The lowest BCUT2D eigenvalue weighted by Crippen LogP contribution is -2.30. The van der Waals surface area contributed by atoms with Gasteiger partial charge in [-0.1, -0.05) is 22.0 Å². The number of nitrogens with one attached hydrogen (secondary N) is 1. The first-order chi connectivity index (χ1) is 8.56. The monoisotopic (exact) mass is 314 g/mol. The van der Waals surface area contributed by atoms with E-state index in [9.17, 15) is 9.18 Å². The van der Waals surface area contributed by atoms with Crippen LogP contribution in [0.2, 0.25) is 0 Å². The molecule has 3 nitrogen and oxygen atoms in total. The quantitative estimate of drug-likeness (QED) is 0.899. The summed E-state index contributed by atoms with van der Waals surface area (Å²) in [4.78, 5) is 11.9. The van der Waals surface area contributed by atoms with Crippen LogP contribution in [0.15, 0.2) is 22.7 Å². The zero-order valence-electron chi connectivity index (χ0n) is 9.96. The van der Waals surface area contributed by atoms with E-state index in [1.807, 2.05) is 0 Å². The molecule has 2 unspecified atom stereocenters. The van der Waals surface area contributed by atoms with Crippen molar-refractivity contribution in [2.45, 2.75) is 31.8 Å². The minimum Gasteiger partial charge on any atom is -0.352 e. The Kier molecular flexibility index (Phi) is 4.35. The second kappa shape index (κ2) is 5.80. The maximum atomic E-state index is 12.9. The third kappa shape index (κ3) is 3.29. The maximum absolute atomic E-state index is 12.9. The molecular weight excluding hydrogens is 299 g/mol. The Balaban J connectivity index is 1.89. The topological polar surface area (TPSA) is 55.1 Å². The molecule has 0 radical (unpaired) electrons. The normalized spacial score (nSPS) is 23.1. The highest BCUT2D eigenvalue weighted by atomic mass is 79.9. The molecule has 98 valence electrons. The fourth-order valence-corrected chi connectivity index (χ4v) is 2.74. The largest absolute Gasteiger partial charge is 0.352 e. The smallest absolute Gasteiger partial charge is 0.223 e. The first-order valence-corrected chi connectivity index (χ1v) is 6.83. The maximum Gasteiger partial charge on any atom is 0.223 e. The minimum absolute atomic E-state index is 0.0271. The number of nitrogens with two attached hydrogens (primary N) is 1. The van der Waals surface area contributed by atoms with E-state index in [4.69, 9.17) is 5.73 Å². The van der Waals surface area contributed by atoms with Crippen LogP contribution in [0.25, 0.3) is 0 Å². The average Bonchev–Trinajstić information content (AvgIpc) is 2.74. The van der Waals surface area contributed by atoms with Gasteiger partial charge in [0.05, 0.1) is 0 Å². The summed E-state index contributed by atoms with van der Waals surface area (Å²) in [5.41, 5.74) is 6.65. The van der Waals surface area contributed by atoms with Gasteiger partial charge in [-0.05, 0) is 37.0 Å². The third-order valence-electron chi connectivity index (χ3n) is 3.31. The van der Waals surface area contributed by atoms with E-state index < -0.39 is 0 Å². The highest BCUT2D eigenvalue weighted by molar-refractivity contribution is 9.10. The Morgan fingerprint density at radius 3 is 2.89 bits per heavy atom. The molecule has 1 aromatic rings. The van der Waals surface area contributed by atoms with E-state index in [2.05, 4.69) is 21.2 Å². The van der Waals surface area contributed by atoms with Crippen molar-refractivity contribution in [2.24, 2.45) is 11.7 Å². The van der Waals surface area contributed by atoms with Crippen molar-refractivity contribution in [2.75, 3.05) is 0 Å². The van der Waals surface area contributed by atoms with Crippen LogP contribution in [-0.2, 0) is 11.3 Å². The Morgan fingerprint density at radius 2 is 2.28 bits per heavy atom. The lowest BCUT2D eigenvalue weighted by molar-refractivity contribution is -0.125. The lowest BCUT2D eigenvalue weighted by atomic mass is 10.1. The SMILES string of the molecule is NC1CCC(C(=O)NCc2ccc(F)cc2Br)C1. The van der Waals surface area contributed by atoms with Gasteiger partial charge in [-0.3, -0.25) is 4.79 Å². The molecule has 1 fully saturated rings. The van der Waals surface area contributed by atoms with Crippen molar-refractivity contribution in [1.29, 1.82) is 0 Å². The molecule has 3 N–H and O–H groups in total. The van der Waals surface area contributed by atoms with E-state index in [-0.39, 0.29) is 23.7 Å². The molecule has 0 spiro atoms. The Morgan fingerprint density at radius 1 is 1.50 bits per heavy atom. The summed E-state index contributed by atoms with van der Waals surface area (Å²) in [6.07, 6.45) is 2.53. The second-order valence-electron chi connectivity index (χ2n) is 4.72. The van der Waals surface area contributed by atoms with E-state index >= 15 is 0 Å². The molecule has 1 aliphatic rings. The van der Waals surface area contributed by atoms with Crippen LogP contribution in [-0.4, -0.2) is 11.9 Å². The number of carbonyl (C=O) groups is 1. The molecule has 18 heavy (non-hydrogen) atoms. The number of hydrogen-bond acceptors (Lipinski definition) is 2. The molecule has 2 rings (SSSR count). The standard InChI is InChI=1S/C13H16BrFN2O/c14-12-6-10(15)3-1-9(12)7-17-13(18)8-2-4-11(16)5-8/h1,3,6,8,11H,2,4-5,7,16H2,(H,17,18). The summed E-state index contributed by atoms with van der Waals surface area (Å²) in [7, 11) is 0. The highest BCUT2D eigenvalue weighted by Crippen LogP contribution is 2.24. The summed E-state index contributed by atoms with van der Waals surface area (Å²) in [6, 6.07) is 4.60. The molecule has 1 aliphatic carbocycles. The Hall–Kier alpha value is -0.940. The molecule has 2 atom stereocenters. The van der Waals surface area contributed by atoms with Gasteiger partial charge in [0.15, 0.2) is 0 Å². The number of rotatable bonds is 3. The average molecular weight is 315 g/mol. The predicted molar refractivity (Wildman–Crippen MR) is 71.3 cm³/mol. The van der Waals surface area contributed by atoms with Crippen LogP contribution < -0.4 is 11.1 Å². The van der Waals surface area contributed by atoms with Crippen LogP contribution in [0.5, 0.6) is 0 Å². The lowest BCUT2D eigenvalue weighted by Gasteiger charge is -2.11. The number of benzene rings is 1. The second-order valence-corrected chi connectivity index (χ2v) is 5.58. The van der Waals surface area contributed by atoms with Crippen LogP contribution in [0.3, 0.4) is 0 Å². The third-order valence-corrected chi connectivity index (χ3v) is 4.05. The fourth-order valence-electron chi connectivity index (χ4n) is 2.25. The van der Waals surface area contributed by atoms with Crippen LogP contribution in [0.1, 0.15) is 24.8 Å². The van der Waals surface area contributed by atoms with Crippen LogP contribution in [0, 0.1) is 11.7 Å². The van der Waals surface area contributed by atoms with Gasteiger partial charge in [0.1, 0.15) is 5.82 Å². The summed E-state index contributed by atoms with van der Waals surface area (Å²) in [5, 5.41) is 2.87. The molecule has 0 heterocycles. The van der Waals surface area contributed by atoms with E-state index in [0.29, 0.717) is 11.0 Å². The first-order valence-electron chi connectivity index (χ1n) is 6.03. The zero-order valence-corrected chi connectivity index (χ0v) is 11.5. The summed E-state index contributed by atoms with van der Waals surface area (Å²) >= 11 is 3.28.